The molecule has 3 amide bonds. The van der Waals surface area contributed by atoms with Crippen LogP contribution < -0.4 is 16.4 Å². The first-order valence-corrected chi connectivity index (χ1v) is 11.3. The van der Waals surface area contributed by atoms with E-state index < -0.39 is 29.5 Å². The van der Waals surface area contributed by atoms with Crippen molar-refractivity contribution in [2.45, 2.75) is 71.8 Å². The number of nitrogen functional groups attached to an aromatic ring is 1. The van der Waals surface area contributed by atoms with Crippen molar-refractivity contribution in [3.63, 3.8) is 0 Å². The van der Waals surface area contributed by atoms with Gasteiger partial charge in [-0.25, -0.2) is 19.6 Å². The van der Waals surface area contributed by atoms with Crippen molar-refractivity contribution in [2.75, 3.05) is 25.4 Å². The molecule has 1 aliphatic heterocycles. The second kappa shape index (κ2) is 11.7. The smallest absolute Gasteiger partial charge is 0.410 e. The molecule has 0 fully saturated rings. The van der Waals surface area contributed by atoms with Crippen molar-refractivity contribution in [3.8, 4) is 0 Å². The lowest BCUT2D eigenvalue weighted by molar-refractivity contribution is -0.194. The summed E-state index contributed by atoms with van der Waals surface area (Å²) in [5.41, 5.74) is 6.62. The number of esters is 1. The van der Waals surface area contributed by atoms with Crippen molar-refractivity contribution >= 4 is 30.0 Å². The number of amides is 3. The van der Waals surface area contributed by atoms with Crippen LogP contribution >= 0.6 is 0 Å². The van der Waals surface area contributed by atoms with E-state index in [1.165, 1.54) is 13.8 Å². The number of ether oxygens (including phenoxy) is 3. The van der Waals surface area contributed by atoms with Gasteiger partial charge in [0.1, 0.15) is 5.60 Å². The van der Waals surface area contributed by atoms with Gasteiger partial charge < -0.3 is 35.5 Å². The van der Waals surface area contributed by atoms with E-state index in [9.17, 15) is 19.2 Å². The van der Waals surface area contributed by atoms with Gasteiger partial charge in [0.25, 0.3) is 5.79 Å². The van der Waals surface area contributed by atoms with Crippen molar-refractivity contribution in [1.82, 2.24) is 25.5 Å². The van der Waals surface area contributed by atoms with Crippen LogP contribution in [-0.4, -0.2) is 70.0 Å². The molecule has 0 atom stereocenters. The summed E-state index contributed by atoms with van der Waals surface area (Å²) in [7, 11) is 0. The number of nitrogens with one attached hydrogen (secondary N) is 2. The van der Waals surface area contributed by atoms with Crippen LogP contribution in [0.2, 0.25) is 0 Å². The second-order valence-electron chi connectivity index (χ2n) is 9.38. The number of rotatable bonds is 8. The second-order valence-corrected chi connectivity index (χ2v) is 9.38. The van der Waals surface area contributed by atoms with Gasteiger partial charge in [0, 0.05) is 64.6 Å². The molecule has 0 saturated carbocycles. The van der Waals surface area contributed by atoms with Crippen molar-refractivity contribution in [2.24, 2.45) is 0 Å². The molecule has 1 aromatic rings. The highest BCUT2D eigenvalue weighted by Gasteiger charge is 2.28. The minimum Gasteiger partial charge on any atom is -0.444 e. The Labute approximate surface area is 204 Å². The van der Waals surface area contributed by atoms with E-state index in [4.69, 9.17) is 19.9 Å². The lowest BCUT2D eigenvalue weighted by Crippen LogP contribution is -2.41. The predicted octanol–water partition coefficient (Wildman–Crippen LogP) is 1.25. The third-order valence-corrected chi connectivity index (χ3v) is 4.61. The van der Waals surface area contributed by atoms with Crippen molar-refractivity contribution in [3.05, 3.63) is 17.5 Å². The summed E-state index contributed by atoms with van der Waals surface area (Å²) in [5.74, 6) is -2.16. The third-order valence-electron chi connectivity index (χ3n) is 4.61. The molecule has 35 heavy (non-hydrogen) atoms. The lowest BCUT2D eigenvalue weighted by atomic mass is 10.1. The van der Waals surface area contributed by atoms with Gasteiger partial charge in [0.05, 0.1) is 12.1 Å². The Bertz CT molecular complexity index is 945. The van der Waals surface area contributed by atoms with Gasteiger partial charge >= 0.3 is 18.2 Å². The van der Waals surface area contributed by atoms with Crippen LogP contribution in [0.4, 0.5) is 15.5 Å². The number of nitrogens with zero attached hydrogens (tertiary/aromatic N) is 3. The summed E-state index contributed by atoms with van der Waals surface area (Å²) in [6.45, 7) is 8.89. The number of anilines is 1. The molecule has 13 nitrogen and oxygen atoms in total. The minimum absolute atomic E-state index is 0.00137. The zero-order chi connectivity index (χ0) is 26.2. The third kappa shape index (κ3) is 10.0. The topological polar surface area (TPSA) is 175 Å². The minimum atomic E-state index is -1.55. The predicted molar refractivity (Wildman–Crippen MR) is 124 cm³/mol. The van der Waals surface area contributed by atoms with Crippen LogP contribution in [0, 0.1) is 0 Å². The quantitative estimate of drug-likeness (QED) is 0.352. The summed E-state index contributed by atoms with van der Waals surface area (Å²) in [4.78, 5) is 57.9. The molecule has 0 aliphatic carbocycles. The summed E-state index contributed by atoms with van der Waals surface area (Å²) in [5, 5.41) is 4.91. The normalized spacial score (nSPS) is 13.3. The van der Waals surface area contributed by atoms with Crippen LogP contribution in [0.25, 0.3) is 0 Å². The Morgan fingerprint density at radius 3 is 2.29 bits per heavy atom. The summed E-state index contributed by atoms with van der Waals surface area (Å²) in [6, 6.07) is 0. The molecule has 194 valence electrons. The maximum atomic E-state index is 12.5. The SMILES string of the molecule is CC(C)(C)OC(=O)NCCC(=O)OC(C)(C)OC(=O)NCCC(=O)N1CCc2nc(N)ncc2C1. The molecule has 4 N–H and O–H groups in total. The average molecular weight is 495 g/mol. The Kier molecular flexibility index (Phi) is 9.20. The van der Waals surface area contributed by atoms with Crippen molar-refractivity contribution in [1.29, 1.82) is 0 Å². The molecular weight excluding hydrogens is 460 g/mol. The van der Waals surface area contributed by atoms with E-state index in [1.807, 2.05) is 0 Å². The molecule has 13 heteroatoms. The number of carbonyl (C=O) groups is 4. The number of carbonyl (C=O) groups excluding carboxylic acids is 4. The number of hydrogen-bond acceptors (Lipinski definition) is 10. The molecule has 1 aliphatic rings. The van der Waals surface area contributed by atoms with E-state index in [0.29, 0.717) is 19.5 Å². The van der Waals surface area contributed by atoms with Gasteiger partial charge in [-0.3, -0.25) is 9.59 Å². The maximum absolute atomic E-state index is 12.5. The molecule has 2 rings (SSSR count). The average Bonchev–Trinajstić information content (AvgIpc) is 2.71. The highest BCUT2D eigenvalue weighted by molar-refractivity contribution is 5.77. The largest absolute Gasteiger partial charge is 0.444 e. The molecule has 0 saturated heterocycles. The van der Waals surface area contributed by atoms with E-state index >= 15 is 0 Å². The Morgan fingerprint density at radius 1 is 1.00 bits per heavy atom. The standard InChI is InChI=1S/C22H34N6O7/c1-21(2,3)34-19(31)25-10-7-17(30)33-22(4,5)35-20(32)24-9-6-16(29)28-11-8-15-14(13-28)12-26-18(23)27-15/h12H,6-11,13H2,1-5H3,(H,24,32)(H,25,31)(H2,23,26,27). The van der Waals surface area contributed by atoms with Gasteiger partial charge in [-0.05, 0) is 20.8 Å². The summed E-state index contributed by atoms with van der Waals surface area (Å²) in [6.07, 6.45) is 0.631. The summed E-state index contributed by atoms with van der Waals surface area (Å²) >= 11 is 0. The van der Waals surface area contributed by atoms with Crippen LogP contribution in [0.3, 0.4) is 0 Å². The first kappa shape index (κ1) is 27.6. The number of hydrogen-bond donors (Lipinski definition) is 3. The number of aromatic nitrogens is 2. The highest BCUT2D eigenvalue weighted by atomic mass is 16.7. The molecule has 0 aromatic carbocycles. The van der Waals surface area contributed by atoms with Crippen LogP contribution in [0.5, 0.6) is 0 Å². The Balaban J connectivity index is 1.66. The van der Waals surface area contributed by atoms with Crippen LogP contribution in [-0.2, 0) is 36.8 Å². The maximum Gasteiger partial charge on any atom is 0.410 e. The monoisotopic (exact) mass is 494 g/mol. The van der Waals surface area contributed by atoms with Gasteiger partial charge in [0.15, 0.2) is 0 Å². The van der Waals surface area contributed by atoms with E-state index in [2.05, 4.69) is 20.6 Å². The molecule has 1 aromatic heterocycles. The van der Waals surface area contributed by atoms with Gasteiger partial charge in [-0.15, -0.1) is 0 Å². The van der Waals surface area contributed by atoms with Crippen LogP contribution in [0.1, 0.15) is 58.7 Å². The molecule has 0 radical (unpaired) electrons. The first-order valence-electron chi connectivity index (χ1n) is 11.3. The molecule has 0 bridgehead atoms. The summed E-state index contributed by atoms with van der Waals surface area (Å²) < 4.78 is 15.3. The fraction of sp³-hybridized carbons (Fsp3) is 0.636. The van der Waals surface area contributed by atoms with Gasteiger partial charge in [-0.2, -0.15) is 0 Å². The van der Waals surface area contributed by atoms with Gasteiger partial charge in [0.2, 0.25) is 11.9 Å². The lowest BCUT2D eigenvalue weighted by Gasteiger charge is -2.28. The van der Waals surface area contributed by atoms with E-state index in [1.54, 1.807) is 31.9 Å². The fourth-order valence-electron chi connectivity index (χ4n) is 3.16. The first-order chi connectivity index (χ1) is 16.2. The number of nitrogens with two attached hydrogens (primary N) is 1. The zero-order valence-electron chi connectivity index (χ0n) is 20.8. The number of fused-ring (bicyclic) bond motifs is 1. The molecule has 2 heterocycles. The molecule has 0 unspecified atom stereocenters. The molecule has 0 spiro atoms. The fourth-order valence-corrected chi connectivity index (χ4v) is 3.16. The van der Waals surface area contributed by atoms with E-state index in [0.717, 1.165) is 11.3 Å². The zero-order valence-corrected chi connectivity index (χ0v) is 20.8. The van der Waals surface area contributed by atoms with Crippen LogP contribution in [0.15, 0.2) is 6.20 Å². The van der Waals surface area contributed by atoms with E-state index in [-0.39, 0.29) is 37.8 Å². The Hall–Kier alpha value is -3.64. The van der Waals surface area contributed by atoms with Gasteiger partial charge in [-0.1, -0.05) is 0 Å². The highest BCUT2D eigenvalue weighted by Crippen LogP contribution is 2.18. The Morgan fingerprint density at radius 2 is 1.63 bits per heavy atom. The number of alkyl carbamates (subject to hydrolysis) is 2. The molecular formula is C22H34N6O7. The van der Waals surface area contributed by atoms with Crippen molar-refractivity contribution < 1.29 is 33.4 Å².